The van der Waals surface area contributed by atoms with Crippen molar-refractivity contribution in [3.8, 4) is 11.3 Å². The Bertz CT molecular complexity index is 1170. The summed E-state index contributed by atoms with van der Waals surface area (Å²) >= 11 is 1.57. The number of hydrogen-bond donors (Lipinski definition) is 1. The second-order valence-corrected chi connectivity index (χ2v) is 18.0. The molecule has 0 saturated carbocycles. The van der Waals surface area contributed by atoms with Crippen LogP contribution in [0.5, 0.6) is 0 Å². The minimum Gasteiger partial charge on any atom is -0.444 e. The maximum absolute atomic E-state index is 12.7. The Morgan fingerprint density at radius 3 is 2.78 bits per heavy atom. The highest BCUT2D eigenvalue weighted by Gasteiger charge is 2.29. The van der Waals surface area contributed by atoms with Gasteiger partial charge in [0.15, 0.2) is 0 Å². The Hall–Kier alpha value is -2.43. The van der Waals surface area contributed by atoms with Crippen LogP contribution in [0.2, 0.25) is 25.7 Å². The topological polar surface area (TPSA) is 81.5 Å². The molecule has 1 saturated heterocycles. The lowest BCUT2D eigenvalue weighted by Gasteiger charge is -2.35. The van der Waals surface area contributed by atoms with E-state index in [1.165, 1.54) is 0 Å². The van der Waals surface area contributed by atoms with Gasteiger partial charge in [0.05, 0.1) is 16.9 Å². The molecule has 1 amide bonds. The summed E-state index contributed by atoms with van der Waals surface area (Å²) in [5, 5.41) is 6.83. The third-order valence-electron chi connectivity index (χ3n) is 6.15. The predicted molar refractivity (Wildman–Crippen MR) is 149 cm³/mol. The molecular weight excluding hydrogens is 490 g/mol. The van der Waals surface area contributed by atoms with Crippen LogP contribution in [0.4, 0.5) is 10.5 Å². The molecule has 1 atom stereocenters. The van der Waals surface area contributed by atoms with E-state index in [-0.39, 0.29) is 12.1 Å². The summed E-state index contributed by atoms with van der Waals surface area (Å²) in [5.41, 5.74) is 5.08. The Morgan fingerprint density at radius 2 is 2.08 bits per heavy atom. The van der Waals surface area contributed by atoms with E-state index in [1.807, 2.05) is 49.0 Å². The molecule has 0 spiro atoms. The van der Waals surface area contributed by atoms with Crippen LogP contribution in [0.15, 0.2) is 29.4 Å². The highest BCUT2D eigenvalue weighted by molar-refractivity contribution is 7.07. The number of carbonyl (C=O) groups excluding carboxylic acids is 1. The Kier molecular flexibility index (Phi) is 8.06. The molecule has 196 valence electrons. The summed E-state index contributed by atoms with van der Waals surface area (Å²) in [7, 11) is -1.14. The van der Waals surface area contributed by atoms with E-state index < -0.39 is 13.7 Å². The van der Waals surface area contributed by atoms with Gasteiger partial charge in [-0.05, 0) is 45.7 Å². The molecular formula is C26H39N5O3SSi. The Labute approximate surface area is 219 Å². The van der Waals surface area contributed by atoms with Crippen LogP contribution in [0.25, 0.3) is 22.3 Å². The molecule has 0 radical (unpaired) electrons. The number of pyridine rings is 1. The van der Waals surface area contributed by atoms with E-state index >= 15 is 0 Å². The number of likely N-dealkylation sites (tertiary alicyclic amines) is 1. The number of fused-ring (bicyclic) bond motifs is 1. The number of nitrogens with one attached hydrogen (secondary N) is 1. The maximum Gasteiger partial charge on any atom is 0.410 e. The summed E-state index contributed by atoms with van der Waals surface area (Å²) in [5.74, 6) is 0. The zero-order chi connectivity index (χ0) is 25.9. The first-order valence-electron chi connectivity index (χ1n) is 12.7. The SMILES string of the molecule is CC(C)(C)OC(=O)N1CCC[C@@H](Nc2c(-c3cscn3)cnc3c2ccn3COCC[Si](C)(C)C)C1. The fourth-order valence-electron chi connectivity index (χ4n) is 4.27. The number of anilines is 1. The largest absolute Gasteiger partial charge is 0.444 e. The molecule has 3 aromatic rings. The summed E-state index contributed by atoms with van der Waals surface area (Å²) in [6.07, 6.45) is 5.57. The standard InChI is InChI=1S/C26H39N5O3SSi/c1-26(2,3)34-25(32)30-10-7-8-19(15-30)29-23-20-9-11-31(18-33-12-13-36(4,5)6)24(20)27-14-21(23)22-16-35-17-28-22/h9,11,14,16-17,19H,7-8,10,12-13,15,18H2,1-6H3,(H,27,29)/t19-/m1/s1. The number of carbonyl (C=O) groups is 1. The third kappa shape index (κ3) is 6.86. The maximum atomic E-state index is 12.7. The molecule has 1 aliphatic heterocycles. The first kappa shape index (κ1) is 26.6. The van der Waals surface area contributed by atoms with Crippen LogP contribution >= 0.6 is 11.3 Å². The van der Waals surface area contributed by atoms with Gasteiger partial charge in [0.1, 0.15) is 18.0 Å². The van der Waals surface area contributed by atoms with E-state index in [9.17, 15) is 4.79 Å². The van der Waals surface area contributed by atoms with Gasteiger partial charge in [0, 0.05) is 62.5 Å². The van der Waals surface area contributed by atoms with Gasteiger partial charge in [-0.25, -0.2) is 14.8 Å². The van der Waals surface area contributed by atoms with Crippen molar-refractivity contribution in [2.75, 3.05) is 25.0 Å². The fraction of sp³-hybridized carbons (Fsp3) is 0.577. The molecule has 0 unspecified atom stereocenters. The zero-order valence-corrected chi connectivity index (χ0v) is 24.2. The third-order valence-corrected chi connectivity index (χ3v) is 8.44. The van der Waals surface area contributed by atoms with Crippen molar-refractivity contribution >= 4 is 42.2 Å². The van der Waals surface area contributed by atoms with E-state index in [0.29, 0.717) is 19.8 Å². The fourth-order valence-corrected chi connectivity index (χ4v) is 5.58. The first-order valence-corrected chi connectivity index (χ1v) is 17.3. The van der Waals surface area contributed by atoms with Crippen molar-refractivity contribution in [3.63, 3.8) is 0 Å². The highest BCUT2D eigenvalue weighted by Crippen LogP contribution is 2.35. The van der Waals surface area contributed by atoms with Crippen molar-refractivity contribution in [3.05, 3.63) is 29.4 Å². The average molecular weight is 530 g/mol. The molecule has 0 aliphatic carbocycles. The monoisotopic (exact) mass is 529 g/mol. The molecule has 4 rings (SSSR count). The van der Waals surface area contributed by atoms with Crippen molar-refractivity contribution < 1.29 is 14.3 Å². The summed E-state index contributed by atoms with van der Waals surface area (Å²) in [6.45, 7) is 15.3. The molecule has 36 heavy (non-hydrogen) atoms. The van der Waals surface area contributed by atoms with Gasteiger partial charge in [-0.3, -0.25) is 0 Å². The zero-order valence-electron chi connectivity index (χ0n) is 22.3. The molecule has 1 aliphatic rings. The lowest BCUT2D eigenvalue weighted by Crippen LogP contribution is -2.47. The number of hydrogen-bond acceptors (Lipinski definition) is 7. The van der Waals surface area contributed by atoms with Crippen molar-refractivity contribution in [1.29, 1.82) is 0 Å². The van der Waals surface area contributed by atoms with Gasteiger partial charge in [-0.2, -0.15) is 0 Å². The molecule has 1 N–H and O–H groups in total. The van der Waals surface area contributed by atoms with Crippen LogP contribution in [0.1, 0.15) is 33.6 Å². The lowest BCUT2D eigenvalue weighted by molar-refractivity contribution is 0.0206. The van der Waals surface area contributed by atoms with Crippen molar-refractivity contribution in [2.45, 2.75) is 77.7 Å². The van der Waals surface area contributed by atoms with E-state index in [2.05, 4.69) is 40.6 Å². The van der Waals surface area contributed by atoms with Crippen LogP contribution in [0.3, 0.4) is 0 Å². The van der Waals surface area contributed by atoms with Gasteiger partial charge in [0.25, 0.3) is 0 Å². The average Bonchev–Trinajstić information content (AvgIpc) is 3.46. The van der Waals surface area contributed by atoms with E-state index in [1.54, 1.807) is 11.3 Å². The minimum absolute atomic E-state index is 0.102. The van der Waals surface area contributed by atoms with Crippen LogP contribution in [-0.4, -0.2) is 64.9 Å². The molecule has 8 nitrogen and oxygen atoms in total. The molecule has 0 aromatic carbocycles. The molecule has 10 heteroatoms. The summed E-state index contributed by atoms with van der Waals surface area (Å²) in [4.78, 5) is 23.9. The number of amides is 1. The number of ether oxygens (including phenoxy) is 2. The smallest absolute Gasteiger partial charge is 0.410 e. The first-order chi connectivity index (χ1) is 17.0. The molecule has 4 heterocycles. The highest BCUT2D eigenvalue weighted by atomic mass is 32.1. The number of thiazole rings is 1. The lowest BCUT2D eigenvalue weighted by atomic mass is 10.0. The Balaban J connectivity index is 1.56. The van der Waals surface area contributed by atoms with Crippen molar-refractivity contribution in [1.82, 2.24) is 19.4 Å². The summed E-state index contributed by atoms with van der Waals surface area (Å²) < 4.78 is 13.7. The van der Waals surface area contributed by atoms with E-state index in [0.717, 1.165) is 53.5 Å². The van der Waals surface area contributed by atoms with E-state index in [4.69, 9.17) is 14.5 Å². The minimum atomic E-state index is -1.14. The van der Waals surface area contributed by atoms with Gasteiger partial charge in [0.2, 0.25) is 0 Å². The number of rotatable bonds is 8. The second-order valence-electron chi connectivity index (χ2n) is 11.7. The quantitative estimate of drug-likeness (QED) is 0.273. The van der Waals surface area contributed by atoms with Crippen LogP contribution in [-0.2, 0) is 16.2 Å². The number of piperidine rings is 1. The normalized spacial score (nSPS) is 16.9. The van der Waals surface area contributed by atoms with Crippen LogP contribution in [0, 0.1) is 0 Å². The molecule has 1 fully saturated rings. The van der Waals surface area contributed by atoms with Crippen molar-refractivity contribution in [2.24, 2.45) is 0 Å². The summed E-state index contributed by atoms with van der Waals surface area (Å²) in [6, 6.07) is 3.33. The van der Waals surface area contributed by atoms with Gasteiger partial charge >= 0.3 is 6.09 Å². The number of aromatic nitrogens is 3. The van der Waals surface area contributed by atoms with Crippen LogP contribution < -0.4 is 5.32 Å². The Morgan fingerprint density at radius 1 is 1.28 bits per heavy atom. The van der Waals surface area contributed by atoms with Gasteiger partial charge in [-0.1, -0.05) is 19.6 Å². The number of nitrogens with zero attached hydrogens (tertiary/aromatic N) is 4. The van der Waals surface area contributed by atoms with Gasteiger partial charge < -0.3 is 24.3 Å². The second kappa shape index (κ2) is 10.9. The molecule has 0 bridgehead atoms. The van der Waals surface area contributed by atoms with Gasteiger partial charge in [-0.15, -0.1) is 11.3 Å². The molecule has 3 aromatic heterocycles. The predicted octanol–water partition coefficient (Wildman–Crippen LogP) is 6.28.